The molecule has 0 aliphatic carbocycles. The number of hydrogen-bond acceptors (Lipinski definition) is 2. The Balaban J connectivity index is 2.43. The van der Waals surface area contributed by atoms with E-state index >= 15 is 0 Å². The second-order valence-corrected chi connectivity index (χ2v) is 4.12. The molecule has 0 bridgehead atoms. The Morgan fingerprint density at radius 3 is 2.87 bits per heavy atom. The molecule has 4 heteroatoms. The summed E-state index contributed by atoms with van der Waals surface area (Å²) in [4.78, 5) is 4.08. The van der Waals surface area contributed by atoms with Gasteiger partial charge in [0.15, 0.2) is 0 Å². The minimum Gasteiger partial charge on any atom is -0.375 e. The number of halogens is 2. The van der Waals surface area contributed by atoms with Crippen LogP contribution in [-0.4, -0.2) is 11.6 Å². The number of nitrogens with zero attached hydrogens (tertiary/aromatic N) is 1. The zero-order valence-corrected chi connectivity index (χ0v) is 10.1. The van der Waals surface area contributed by atoms with Crippen LogP contribution in [0.15, 0.2) is 24.3 Å². The maximum absolute atomic E-state index is 5.92. The monoisotopic (exact) mass is 245 g/mol. The Morgan fingerprint density at radius 2 is 2.20 bits per heavy atom. The van der Waals surface area contributed by atoms with Crippen molar-refractivity contribution in [2.24, 2.45) is 0 Å². The number of aromatic nitrogens is 1. The molecule has 0 spiro atoms. The molecule has 0 amide bonds. The molecule has 2 nitrogen and oxygen atoms in total. The van der Waals surface area contributed by atoms with Crippen LogP contribution in [0.4, 0.5) is 0 Å². The van der Waals surface area contributed by atoms with E-state index in [4.69, 9.17) is 27.9 Å². The lowest BCUT2D eigenvalue weighted by molar-refractivity contribution is 0.121. The van der Waals surface area contributed by atoms with Gasteiger partial charge in [-0.2, -0.15) is 0 Å². The minimum atomic E-state index is 0.382. The summed E-state index contributed by atoms with van der Waals surface area (Å²) in [5.41, 5.74) is 1.77. The molecular weight excluding hydrogens is 233 g/mol. The summed E-state index contributed by atoms with van der Waals surface area (Å²) in [6.45, 7) is 6.76. The van der Waals surface area contributed by atoms with E-state index in [1.165, 1.54) is 0 Å². The van der Waals surface area contributed by atoms with Gasteiger partial charge < -0.3 is 4.74 Å². The van der Waals surface area contributed by atoms with Gasteiger partial charge in [-0.05, 0) is 25.5 Å². The van der Waals surface area contributed by atoms with E-state index < -0.39 is 0 Å². The average molecular weight is 246 g/mol. The van der Waals surface area contributed by atoms with Crippen molar-refractivity contribution >= 4 is 23.2 Å². The summed E-state index contributed by atoms with van der Waals surface area (Å²) in [7, 11) is 0. The summed E-state index contributed by atoms with van der Waals surface area (Å²) in [6, 6.07) is 3.37. The van der Waals surface area contributed by atoms with Gasteiger partial charge >= 0.3 is 0 Å². The standard InChI is InChI=1S/C11H13Cl2NO/c1-8(2)5-6-15-7-10-9(12)3-4-11(13)14-10/h3-4H,1,5-7H2,2H3. The lowest BCUT2D eigenvalue weighted by atomic mass is 10.3. The van der Waals surface area contributed by atoms with E-state index in [0.717, 1.165) is 12.0 Å². The maximum Gasteiger partial charge on any atom is 0.129 e. The summed E-state index contributed by atoms with van der Waals surface area (Å²) in [6.07, 6.45) is 0.845. The van der Waals surface area contributed by atoms with Crippen molar-refractivity contribution in [2.45, 2.75) is 20.0 Å². The van der Waals surface area contributed by atoms with Gasteiger partial charge in [-0.15, -0.1) is 6.58 Å². The Morgan fingerprint density at radius 1 is 1.47 bits per heavy atom. The molecule has 0 aromatic carbocycles. The van der Waals surface area contributed by atoms with Crippen LogP contribution in [0.5, 0.6) is 0 Å². The predicted molar refractivity (Wildman–Crippen MR) is 63.3 cm³/mol. The van der Waals surface area contributed by atoms with Crippen LogP contribution in [0.1, 0.15) is 19.0 Å². The third-order valence-electron chi connectivity index (χ3n) is 1.80. The van der Waals surface area contributed by atoms with Crippen LogP contribution < -0.4 is 0 Å². The fraction of sp³-hybridized carbons (Fsp3) is 0.364. The highest BCUT2D eigenvalue weighted by Gasteiger charge is 2.02. The first kappa shape index (κ1) is 12.5. The summed E-state index contributed by atoms with van der Waals surface area (Å²) < 4.78 is 5.40. The van der Waals surface area contributed by atoms with Crippen molar-refractivity contribution in [3.8, 4) is 0 Å². The zero-order valence-electron chi connectivity index (χ0n) is 8.59. The molecule has 0 saturated carbocycles. The quantitative estimate of drug-likeness (QED) is 0.447. The Hall–Kier alpha value is -0.570. The molecule has 1 rings (SSSR count). The van der Waals surface area contributed by atoms with E-state index in [-0.39, 0.29) is 0 Å². The first-order chi connectivity index (χ1) is 7.09. The molecular formula is C11H13Cl2NO. The molecule has 1 heterocycles. The zero-order chi connectivity index (χ0) is 11.3. The van der Waals surface area contributed by atoms with Gasteiger partial charge in [-0.3, -0.25) is 0 Å². The lowest BCUT2D eigenvalue weighted by Gasteiger charge is -2.05. The van der Waals surface area contributed by atoms with Gasteiger partial charge in [-0.25, -0.2) is 4.98 Å². The van der Waals surface area contributed by atoms with E-state index in [9.17, 15) is 0 Å². The normalized spacial score (nSPS) is 10.3. The molecule has 1 aromatic rings. The van der Waals surface area contributed by atoms with Crippen molar-refractivity contribution in [1.82, 2.24) is 4.98 Å². The van der Waals surface area contributed by atoms with Crippen LogP contribution in [0.2, 0.25) is 10.2 Å². The van der Waals surface area contributed by atoms with Gasteiger partial charge in [0, 0.05) is 0 Å². The summed E-state index contributed by atoms with van der Waals surface area (Å²) in [5.74, 6) is 0. The molecule has 82 valence electrons. The van der Waals surface area contributed by atoms with Gasteiger partial charge in [0.25, 0.3) is 0 Å². The van der Waals surface area contributed by atoms with E-state index in [1.807, 2.05) is 6.92 Å². The molecule has 0 unspecified atom stereocenters. The molecule has 0 aliphatic heterocycles. The smallest absolute Gasteiger partial charge is 0.129 e. The van der Waals surface area contributed by atoms with Crippen molar-refractivity contribution in [1.29, 1.82) is 0 Å². The lowest BCUT2D eigenvalue weighted by Crippen LogP contribution is -1.99. The van der Waals surface area contributed by atoms with Crippen LogP contribution in [0, 0.1) is 0 Å². The minimum absolute atomic E-state index is 0.382. The average Bonchev–Trinajstić information content (AvgIpc) is 2.17. The van der Waals surface area contributed by atoms with Gasteiger partial charge in [0.1, 0.15) is 5.15 Å². The Kier molecular flexibility index (Phi) is 5.09. The largest absolute Gasteiger partial charge is 0.375 e. The Labute approximate surface area is 99.9 Å². The van der Waals surface area contributed by atoms with Gasteiger partial charge in [-0.1, -0.05) is 28.8 Å². The second kappa shape index (κ2) is 6.11. The summed E-state index contributed by atoms with van der Waals surface area (Å²) >= 11 is 11.7. The molecule has 15 heavy (non-hydrogen) atoms. The fourth-order valence-electron chi connectivity index (χ4n) is 0.974. The molecule has 0 N–H and O–H groups in total. The van der Waals surface area contributed by atoms with E-state index in [2.05, 4.69) is 11.6 Å². The van der Waals surface area contributed by atoms with E-state index in [0.29, 0.717) is 29.1 Å². The Bertz CT molecular complexity index is 352. The van der Waals surface area contributed by atoms with Crippen LogP contribution in [-0.2, 0) is 11.3 Å². The van der Waals surface area contributed by atoms with Crippen LogP contribution in [0.25, 0.3) is 0 Å². The molecule has 0 fully saturated rings. The SMILES string of the molecule is C=C(C)CCOCc1nc(Cl)ccc1Cl. The second-order valence-electron chi connectivity index (χ2n) is 3.32. The molecule has 0 aliphatic rings. The molecule has 0 saturated heterocycles. The highest BCUT2D eigenvalue weighted by molar-refractivity contribution is 6.32. The maximum atomic E-state index is 5.92. The first-order valence-electron chi connectivity index (χ1n) is 4.62. The molecule has 1 aromatic heterocycles. The predicted octanol–water partition coefficient (Wildman–Crippen LogP) is 3.87. The highest BCUT2D eigenvalue weighted by Crippen LogP contribution is 2.17. The van der Waals surface area contributed by atoms with E-state index in [1.54, 1.807) is 12.1 Å². The number of rotatable bonds is 5. The van der Waals surface area contributed by atoms with Crippen LogP contribution in [0.3, 0.4) is 0 Å². The number of pyridine rings is 1. The molecule has 0 atom stereocenters. The summed E-state index contributed by atoms with van der Waals surface area (Å²) in [5, 5.41) is 1.01. The van der Waals surface area contributed by atoms with Crippen molar-refractivity contribution in [3.05, 3.63) is 40.2 Å². The van der Waals surface area contributed by atoms with Crippen molar-refractivity contribution in [3.63, 3.8) is 0 Å². The van der Waals surface area contributed by atoms with Gasteiger partial charge in [0.2, 0.25) is 0 Å². The van der Waals surface area contributed by atoms with Crippen molar-refractivity contribution < 1.29 is 4.74 Å². The number of ether oxygens (including phenoxy) is 1. The van der Waals surface area contributed by atoms with Crippen molar-refractivity contribution in [2.75, 3.05) is 6.61 Å². The number of hydrogen-bond donors (Lipinski definition) is 0. The fourth-order valence-corrected chi connectivity index (χ4v) is 1.30. The topological polar surface area (TPSA) is 22.1 Å². The first-order valence-corrected chi connectivity index (χ1v) is 5.38. The third-order valence-corrected chi connectivity index (χ3v) is 2.35. The van der Waals surface area contributed by atoms with Gasteiger partial charge in [0.05, 0.1) is 23.9 Å². The highest BCUT2D eigenvalue weighted by atomic mass is 35.5. The molecule has 0 radical (unpaired) electrons. The van der Waals surface area contributed by atoms with Crippen LogP contribution >= 0.6 is 23.2 Å². The third kappa shape index (κ3) is 4.65.